The van der Waals surface area contributed by atoms with E-state index in [1.165, 1.54) is 71.4 Å². The predicted octanol–water partition coefficient (Wildman–Crippen LogP) is 10.4. The maximum Gasteiger partial charge on any atom is 0.127 e. The third-order valence-electron chi connectivity index (χ3n) is 15.8. The second-order valence-corrected chi connectivity index (χ2v) is 26.5. The lowest BCUT2D eigenvalue weighted by atomic mass is 9.74. The summed E-state index contributed by atoms with van der Waals surface area (Å²) in [5.74, 6) is 0.127. The van der Waals surface area contributed by atoms with E-state index in [0.717, 1.165) is 29.7 Å². The van der Waals surface area contributed by atoms with E-state index >= 15 is 0 Å². The number of hydrogen-bond acceptors (Lipinski definition) is 1. The second-order valence-electron chi connectivity index (χ2n) is 18.6. The van der Waals surface area contributed by atoms with Crippen molar-refractivity contribution in [2.75, 3.05) is 0 Å². The molecule has 0 N–H and O–H groups in total. The van der Waals surface area contributed by atoms with Crippen LogP contribution in [0.25, 0.3) is 32.4 Å². The SMILES string of the molecule is c1ccc2c(c1)C[Si]1(C2)c2ccccc2C(c2c3ccccc3c(C3c4ccccc4[Si]4(Cc5ccccc5C4)c4ccccc43)c3c2cnc2ccccc23)c2ccccc21. The fourth-order valence-corrected chi connectivity index (χ4v) is 24.6. The molecule has 0 fully saturated rings. The molecule has 0 unspecified atom stereocenters. The second kappa shape index (κ2) is 12.9. The Morgan fingerprint density at radius 1 is 0.323 bits per heavy atom. The molecule has 0 aliphatic carbocycles. The van der Waals surface area contributed by atoms with Crippen LogP contribution in [-0.4, -0.2) is 21.1 Å². The van der Waals surface area contributed by atoms with E-state index in [2.05, 4.69) is 200 Å². The minimum atomic E-state index is -2.19. The highest BCUT2D eigenvalue weighted by Crippen LogP contribution is 2.51. The number of nitrogens with zero attached hydrogens (tertiary/aromatic N) is 1. The van der Waals surface area contributed by atoms with Crippen LogP contribution in [0.15, 0.2) is 200 Å². The minimum Gasteiger partial charge on any atom is -0.256 e. The predicted molar refractivity (Wildman–Crippen MR) is 262 cm³/mol. The first-order valence-corrected chi connectivity index (χ1v) is 27.3. The van der Waals surface area contributed by atoms with E-state index in [0.29, 0.717) is 0 Å². The first-order chi connectivity index (χ1) is 30.7. The van der Waals surface area contributed by atoms with Crippen molar-refractivity contribution in [3.05, 3.63) is 256 Å². The zero-order valence-corrected chi connectivity index (χ0v) is 36.5. The van der Waals surface area contributed by atoms with Gasteiger partial charge in [0.05, 0.1) is 5.52 Å². The molecule has 10 aromatic rings. The number of aromatic nitrogens is 1. The van der Waals surface area contributed by atoms with Crippen molar-refractivity contribution in [2.45, 2.75) is 36.0 Å². The van der Waals surface area contributed by atoms with Gasteiger partial charge >= 0.3 is 0 Å². The van der Waals surface area contributed by atoms with Gasteiger partial charge in [0.25, 0.3) is 0 Å². The van der Waals surface area contributed by atoms with Crippen LogP contribution in [0.1, 0.15) is 67.5 Å². The van der Waals surface area contributed by atoms with Crippen molar-refractivity contribution < 1.29 is 0 Å². The van der Waals surface area contributed by atoms with E-state index in [9.17, 15) is 0 Å². The zero-order valence-electron chi connectivity index (χ0n) is 34.5. The van der Waals surface area contributed by atoms with Crippen LogP contribution in [0.4, 0.5) is 0 Å². The summed E-state index contributed by atoms with van der Waals surface area (Å²) < 4.78 is 0. The zero-order chi connectivity index (χ0) is 40.6. The molecule has 5 heterocycles. The standard InChI is InChI=1S/C59H43NSi2/c1-2-18-39-35-61(34-38(39)17-1)51-29-13-8-24-45(51)57(46-25-9-14-30-52(46)61)55-42-21-5-6-22-43(42)59(56-44-23-7-12-28-50(44)60-33-49(55)56)58-47-26-10-15-31-53(47)62(54-32-16-11-27-48(54)58)36-40-19-3-4-20-41(40)37-62/h1-33,57-58H,34-37H2. The van der Waals surface area contributed by atoms with Gasteiger partial charge < -0.3 is 0 Å². The summed E-state index contributed by atoms with van der Waals surface area (Å²) >= 11 is 0. The van der Waals surface area contributed by atoms with Gasteiger partial charge in [-0.15, -0.1) is 0 Å². The fourth-order valence-electron chi connectivity index (χ4n) is 13.5. The lowest BCUT2D eigenvalue weighted by molar-refractivity contribution is 0.987. The number of para-hydroxylation sites is 1. The molecule has 2 spiro atoms. The quantitative estimate of drug-likeness (QED) is 0.0962. The molecule has 3 heteroatoms. The Bertz CT molecular complexity index is 3380. The molecule has 62 heavy (non-hydrogen) atoms. The average molecular weight is 822 g/mol. The van der Waals surface area contributed by atoms with Gasteiger partial charge in [0.2, 0.25) is 0 Å². The fraction of sp³-hybridized carbons (Fsp3) is 0.102. The lowest BCUT2D eigenvalue weighted by Gasteiger charge is -2.42. The summed E-state index contributed by atoms with van der Waals surface area (Å²) in [7, 11) is -4.38. The molecule has 0 saturated heterocycles. The molecule has 4 aliphatic heterocycles. The number of rotatable bonds is 2. The van der Waals surface area contributed by atoms with Crippen LogP contribution in [-0.2, 0) is 24.2 Å². The number of benzene rings is 9. The Morgan fingerprint density at radius 2 is 0.661 bits per heavy atom. The van der Waals surface area contributed by atoms with Crippen molar-refractivity contribution in [3.63, 3.8) is 0 Å². The molecule has 292 valence electrons. The summed E-state index contributed by atoms with van der Waals surface area (Å²) in [6.07, 6.45) is 2.26. The normalized spacial score (nSPS) is 16.6. The molecule has 4 aliphatic rings. The van der Waals surface area contributed by atoms with Crippen LogP contribution in [0, 0.1) is 0 Å². The van der Waals surface area contributed by atoms with Crippen LogP contribution in [0.3, 0.4) is 0 Å². The third kappa shape index (κ3) is 4.60. The monoisotopic (exact) mass is 821 g/mol. The van der Waals surface area contributed by atoms with E-state index in [-0.39, 0.29) is 11.8 Å². The smallest absolute Gasteiger partial charge is 0.127 e. The average Bonchev–Trinajstić information content (AvgIpc) is 3.93. The summed E-state index contributed by atoms with van der Waals surface area (Å²) in [6.45, 7) is 0. The maximum atomic E-state index is 5.35. The number of pyridine rings is 1. The molecule has 1 nitrogen and oxygen atoms in total. The minimum absolute atomic E-state index is 0.0623. The lowest BCUT2D eigenvalue weighted by Crippen LogP contribution is -2.65. The summed E-state index contributed by atoms with van der Waals surface area (Å²) in [5.41, 5.74) is 16.0. The highest BCUT2D eigenvalue weighted by Gasteiger charge is 2.52. The Balaban J connectivity index is 1.09. The Labute approximate surface area is 364 Å². The first kappa shape index (κ1) is 35.0. The molecule has 0 radical (unpaired) electrons. The molecule has 0 amide bonds. The Morgan fingerprint density at radius 3 is 1.11 bits per heavy atom. The van der Waals surface area contributed by atoms with E-state index < -0.39 is 16.1 Å². The summed E-state index contributed by atoms with van der Waals surface area (Å²) in [4.78, 5) is 5.35. The molecule has 9 aromatic carbocycles. The van der Waals surface area contributed by atoms with Crippen LogP contribution >= 0.6 is 0 Å². The molecule has 0 bridgehead atoms. The van der Waals surface area contributed by atoms with Gasteiger partial charge in [-0.1, -0.05) is 188 Å². The summed E-state index contributed by atoms with van der Waals surface area (Å²) in [6, 6.07) is 80.0. The topological polar surface area (TPSA) is 12.9 Å². The molecule has 0 atom stereocenters. The molecule has 0 saturated carbocycles. The van der Waals surface area contributed by atoms with E-state index in [4.69, 9.17) is 4.98 Å². The van der Waals surface area contributed by atoms with Crippen molar-refractivity contribution in [1.29, 1.82) is 0 Å². The highest BCUT2D eigenvalue weighted by atomic mass is 28.3. The van der Waals surface area contributed by atoms with Crippen LogP contribution in [0.5, 0.6) is 0 Å². The first-order valence-electron chi connectivity index (χ1n) is 22.4. The highest BCUT2D eigenvalue weighted by molar-refractivity contribution is 7.03. The largest absolute Gasteiger partial charge is 0.256 e. The van der Waals surface area contributed by atoms with Gasteiger partial charge in [-0.3, -0.25) is 4.98 Å². The van der Waals surface area contributed by atoms with Gasteiger partial charge in [-0.2, -0.15) is 0 Å². The van der Waals surface area contributed by atoms with Crippen LogP contribution in [0.2, 0.25) is 0 Å². The van der Waals surface area contributed by atoms with Crippen LogP contribution < -0.4 is 20.7 Å². The van der Waals surface area contributed by atoms with Gasteiger partial charge in [-0.25, -0.2) is 0 Å². The van der Waals surface area contributed by atoms with E-state index in [1.54, 1.807) is 31.9 Å². The summed E-state index contributed by atoms with van der Waals surface area (Å²) in [5, 5.41) is 13.0. The molecule has 14 rings (SSSR count). The van der Waals surface area contributed by atoms with Crippen molar-refractivity contribution >= 4 is 69.3 Å². The molecule has 1 aromatic heterocycles. The maximum absolute atomic E-state index is 5.35. The molecular formula is C59H43NSi2. The van der Waals surface area contributed by atoms with Gasteiger partial charge in [0, 0.05) is 28.8 Å². The molecular weight excluding hydrogens is 779 g/mol. The number of hydrogen-bond donors (Lipinski definition) is 0. The Hall–Kier alpha value is -6.66. The van der Waals surface area contributed by atoms with Crippen molar-refractivity contribution in [1.82, 2.24) is 4.98 Å². The van der Waals surface area contributed by atoms with Crippen molar-refractivity contribution in [3.8, 4) is 0 Å². The Kier molecular flexibility index (Phi) is 7.30. The van der Waals surface area contributed by atoms with Gasteiger partial charge in [0.1, 0.15) is 16.1 Å². The van der Waals surface area contributed by atoms with Gasteiger partial charge in [-0.05, 0) is 123 Å². The number of fused-ring (bicyclic) bond motifs is 14. The third-order valence-corrected chi connectivity index (χ3v) is 25.7. The van der Waals surface area contributed by atoms with Gasteiger partial charge in [0.15, 0.2) is 0 Å². The van der Waals surface area contributed by atoms with Crippen molar-refractivity contribution in [2.24, 2.45) is 0 Å². The van der Waals surface area contributed by atoms with E-state index in [1.807, 2.05) is 0 Å².